The molecule has 33 heavy (non-hydrogen) atoms. The second kappa shape index (κ2) is 9.36. The van der Waals surface area contributed by atoms with Crippen LogP contribution in [0.2, 0.25) is 0 Å². The van der Waals surface area contributed by atoms with Crippen LogP contribution in [0.3, 0.4) is 0 Å². The van der Waals surface area contributed by atoms with E-state index in [2.05, 4.69) is 103 Å². The minimum atomic E-state index is -2.63. The Morgan fingerprint density at radius 2 is 0.758 bits per heavy atom. The van der Waals surface area contributed by atoms with E-state index < -0.39 is 7.26 Å². The van der Waals surface area contributed by atoms with E-state index in [1.807, 2.05) is 42.5 Å². The molecule has 5 aromatic carbocycles. The van der Waals surface area contributed by atoms with Crippen molar-refractivity contribution in [3.8, 4) is 0 Å². The molecule has 0 atom stereocenters. The molecule has 0 aliphatic rings. The molecular weight excluding hydrogens is 419 g/mol. The minimum absolute atomic E-state index is 0.0505. The Hall–Kier alpha value is -3.80. The third-order valence-electron chi connectivity index (χ3n) is 6.21. The SMILES string of the molecule is O=C(c1ccccc1)c1cccc([PH](c2ccccc2)(c2ccccc2)c2ccccc2)c1. The molecule has 2 heteroatoms. The van der Waals surface area contributed by atoms with Gasteiger partial charge in [-0.25, -0.2) is 0 Å². The van der Waals surface area contributed by atoms with Crippen LogP contribution in [0.4, 0.5) is 0 Å². The summed E-state index contributed by atoms with van der Waals surface area (Å²) in [5.41, 5.74) is 1.43. The average molecular weight is 445 g/mol. The van der Waals surface area contributed by atoms with Crippen LogP contribution in [0.15, 0.2) is 146 Å². The summed E-state index contributed by atoms with van der Waals surface area (Å²) < 4.78 is 0. The second-order valence-corrected chi connectivity index (χ2v) is 11.9. The van der Waals surface area contributed by atoms with Gasteiger partial charge in [0, 0.05) is 0 Å². The molecule has 0 bridgehead atoms. The van der Waals surface area contributed by atoms with Gasteiger partial charge < -0.3 is 0 Å². The van der Waals surface area contributed by atoms with Crippen LogP contribution in [-0.4, -0.2) is 5.78 Å². The number of hydrogen-bond acceptors (Lipinski definition) is 1. The topological polar surface area (TPSA) is 17.1 Å². The van der Waals surface area contributed by atoms with Crippen LogP contribution < -0.4 is 21.2 Å². The van der Waals surface area contributed by atoms with E-state index in [0.29, 0.717) is 5.56 Å². The molecule has 0 amide bonds. The average Bonchev–Trinajstić information content (AvgIpc) is 2.91. The first-order valence-corrected chi connectivity index (χ1v) is 13.2. The maximum absolute atomic E-state index is 13.4. The van der Waals surface area contributed by atoms with Gasteiger partial charge in [0.05, 0.1) is 0 Å². The fraction of sp³-hybridized carbons (Fsp3) is 0. The molecule has 0 unspecified atom stereocenters. The molecule has 0 saturated heterocycles. The zero-order chi connectivity index (χ0) is 22.5. The third-order valence-corrected chi connectivity index (χ3v) is 11.0. The molecule has 5 rings (SSSR count). The van der Waals surface area contributed by atoms with E-state index in [-0.39, 0.29) is 5.78 Å². The van der Waals surface area contributed by atoms with Crippen LogP contribution in [0, 0.1) is 0 Å². The summed E-state index contributed by atoms with van der Waals surface area (Å²) in [6, 6.07) is 50.1. The normalized spacial score (nSPS) is 11.6. The Labute approximate surface area is 195 Å². The van der Waals surface area contributed by atoms with E-state index in [0.717, 1.165) is 5.56 Å². The third kappa shape index (κ3) is 3.93. The zero-order valence-corrected chi connectivity index (χ0v) is 19.3. The van der Waals surface area contributed by atoms with Gasteiger partial charge in [0.25, 0.3) is 0 Å². The molecule has 0 fully saturated rings. The Kier molecular flexibility index (Phi) is 5.98. The first-order valence-electron chi connectivity index (χ1n) is 11.2. The van der Waals surface area contributed by atoms with Crippen LogP contribution in [0.25, 0.3) is 0 Å². The first-order chi connectivity index (χ1) is 16.3. The summed E-state index contributed by atoms with van der Waals surface area (Å²) in [5.74, 6) is 0.0505. The molecule has 160 valence electrons. The van der Waals surface area contributed by atoms with Crippen molar-refractivity contribution >= 4 is 34.3 Å². The van der Waals surface area contributed by atoms with Crippen molar-refractivity contribution in [1.82, 2.24) is 0 Å². The molecule has 0 aliphatic carbocycles. The van der Waals surface area contributed by atoms with E-state index in [4.69, 9.17) is 0 Å². The van der Waals surface area contributed by atoms with Crippen LogP contribution in [0.5, 0.6) is 0 Å². The number of benzene rings is 5. The van der Waals surface area contributed by atoms with Crippen molar-refractivity contribution in [2.24, 2.45) is 0 Å². The summed E-state index contributed by atoms with van der Waals surface area (Å²) in [5, 5.41) is 5.10. The molecular formula is C31H25OP. The summed E-state index contributed by atoms with van der Waals surface area (Å²) >= 11 is 0. The van der Waals surface area contributed by atoms with Crippen LogP contribution in [-0.2, 0) is 0 Å². The Morgan fingerprint density at radius 1 is 0.394 bits per heavy atom. The zero-order valence-electron chi connectivity index (χ0n) is 18.3. The molecule has 5 aromatic rings. The van der Waals surface area contributed by atoms with Crippen molar-refractivity contribution in [1.29, 1.82) is 0 Å². The van der Waals surface area contributed by atoms with Crippen molar-refractivity contribution < 1.29 is 4.79 Å². The van der Waals surface area contributed by atoms with Crippen molar-refractivity contribution in [2.45, 2.75) is 0 Å². The van der Waals surface area contributed by atoms with E-state index >= 15 is 0 Å². The van der Waals surface area contributed by atoms with Gasteiger partial charge in [0.2, 0.25) is 0 Å². The van der Waals surface area contributed by atoms with Crippen LogP contribution >= 0.6 is 7.26 Å². The van der Waals surface area contributed by atoms with Gasteiger partial charge in [-0.05, 0) is 0 Å². The van der Waals surface area contributed by atoms with E-state index in [1.54, 1.807) is 0 Å². The van der Waals surface area contributed by atoms with Gasteiger partial charge >= 0.3 is 196 Å². The number of carbonyl (C=O) groups excluding carboxylic acids is 1. The second-order valence-electron chi connectivity index (χ2n) is 8.12. The van der Waals surface area contributed by atoms with Gasteiger partial charge in [-0.3, -0.25) is 0 Å². The molecule has 0 saturated carbocycles. The summed E-state index contributed by atoms with van der Waals surface area (Å²) in [4.78, 5) is 13.4. The first kappa shape index (κ1) is 21.1. The summed E-state index contributed by atoms with van der Waals surface area (Å²) in [7, 11) is -2.63. The summed E-state index contributed by atoms with van der Waals surface area (Å²) in [6.07, 6.45) is 0. The van der Waals surface area contributed by atoms with E-state index in [1.165, 1.54) is 21.2 Å². The van der Waals surface area contributed by atoms with Crippen molar-refractivity contribution in [3.63, 3.8) is 0 Å². The maximum atomic E-state index is 13.4. The van der Waals surface area contributed by atoms with Crippen LogP contribution in [0.1, 0.15) is 15.9 Å². The van der Waals surface area contributed by atoms with Gasteiger partial charge in [-0.15, -0.1) is 0 Å². The molecule has 0 heterocycles. The quantitative estimate of drug-likeness (QED) is 0.258. The molecule has 0 N–H and O–H groups in total. The number of rotatable bonds is 6. The van der Waals surface area contributed by atoms with Crippen molar-refractivity contribution in [2.75, 3.05) is 0 Å². The fourth-order valence-electron chi connectivity index (χ4n) is 4.71. The molecule has 1 nitrogen and oxygen atoms in total. The predicted molar refractivity (Wildman–Crippen MR) is 142 cm³/mol. The number of carbonyl (C=O) groups is 1. The Balaban J connectivity index is 1.80. The Morgan fingerprint density at radius 3 is 1.21 bits per heavy atom. The van der Waals surface area contributed by atoms with Crippen molar-refractivity contribution in [3.05, 3.63) is 157 Å². The number of hydrogen-bond donors (Lipinski definition) is 0. The molecule has 0 aromatic heterocycles. The van der Waals surface area contributed by atoms with Gasteiger partial charge in [-0.2, -0.15) is 0 Å². The Bertz CT molecular complexity index is 1250. The standard InChI is InChI=1S/C31H25OP/c32-31(25-14-5-1-6-15-25)26-16-13-23-30(24-26)33(27-17-7-2-8-18-27,28-19-9-3-10-20-28)29-21-11-4-12-22-29/h1-24,33H. The molecule has 0 radical (unpaired) electrons. The van der Waals surface area contributed by atoms with Gasteiger partial charge in [0.1, 0.15) is 0 Å². The van der Waals surface area contributed by atoms with Gasteiger partial charge in [0.15, 0.2) is 0 Å². The monoisotopic (exact) mass is 444 g/mol. The predicted octanol–water partition coefficient (Wildman–Crippen LogP) is 5.27. The molecule has 0 aliphatic heterocycles. The summed E-state index contributed by atoms with van der Waals surface area (Å²) in [6.45, 7) is 0. The number of ketones is 1. The fourth-order valence-corrected chi connectivity index (χ4v) is 9.51. The van der Waals surface area contributed by atoms with Gasteiger partial charge in [-0.1, -0.05) is 0 Å². The molecule has 0 spiro atoms. The van der Waals surface area contributed by atoms with E-state index in [9.17, 15) is 4.79 Å².